The number of fused-ring (bicyclic) bond motifs is 1. The van der Waals surface area contributed by atoms with E-state index in [2.05, 4.69) is 5.32 Å². The molecular weight excluding hydrogens is 342 g/mol. The minimum absolute atomic E-state index is 0. The number of halogens is 1. The van der Waals surface area contributed by atoms with Crippen molar-refractivity contribution in [1.82, 2.24) is 0 Å². The van der Waals surface area contributed by atoms with E-state index in [-0.39, 0.29) is 36.5 Å². The third-order valence-electron chi connectivity index (χ3n) is 3.95. The molecule has 0 aromatic heterocycles. The molecule has 1 heterocycles. The molecule has 7 heteroatoms. The second-order valence-corrected chi connectivity index (χ2v) is 5.66. The minimum Gasteiger partial charge on any atom is -0.323 e. The van der Waals surface area contributed by atoms with E-state index in [1.165, 1.54) is 11.8 Å². The molecule has 0 unspecified atom stereocenters. The van der Waals surface area contributed by atoms with Gasteiger partial charge in [0.2, 0.25) is 5.91 Å². The van der Waals surface area contributed by atoms with Crippen LogP contribution in [0.15, 0.2) is 48.5 Å². The fraction of sp³-hybridized carbons (Fsp3) is 0.167. The summed E-state index contributed by atoms with van der Waals surface area (Å²) in [6.07, 6.45) is 0. The third kappa shape index (κ3) is 3.70. The molecule has 0 aliphatic carbocycles. The van der Waals surface area contributed by atoms with Gasteiger partial charge in [-0.05, 0) is 31.2 Å². The molecule has 0 radical (unpaired) electrons. The average molecular weight is 360 g/mol. The quantitative estimate of drug-likeness (QED) is 0.804. The zero-order chi connectivity index (χ0) is 17.3. The van der Waals surface area contributed by atoms with Gasteiger partial charge in [-0.1, -0.05) is 24.3 Å². The van der Waals surface area contributed by atoms with Crippen molar-refractivity contribution in [3.05, 3.63) is 59.7 Å². The van der Waals surface area contributed by atoms with Gasteiger partial charge in [0.05, 0.1) is 17.9 Å². The maximum atomic E-state index is 12.9. The van der Waals surface area contributed by atoms with Gasteiger partial charge >= 0.3 is 0 Å². The van der Waals surface area contributed by atoms with E-state index in [0.717, 1.165) is 0 Å². The Morgan fingerprint density at radius 1 is 1.08 bits per heavy atom. The molecule has 2 aromatic carbocycles. The summed E-state index contributed by atoms with van der Waals surface area (Å²) < 4.78 is 0. The van der Waals surface area contributed by atoms with Crippen molar-refractivity contribution in [2.24, 2.45) is 5.73 Å². The van der Waals surface area contributed by atoms with Crippen LogP contribution in [0.3, 0.4) is 0 Å². The minimum atomic E-state index is -0.821. The number of amides is 2. The molecular formula is C18H18ClN3O3. The molecule has 2 amide bonds. The summed E-state index contributed by atoms with van der Waals surface area (Å²) in [5.41, 5.74) is 7.98. The Hall–Kier alpha value is -2.70. The van der Waals surface area contributed by atoms with Gasteiger partial charge < -0.3 is 16.0 Å². The molecule has 6 nitrogen and oxygen atoms in total. The van der Waals surface area contributed by atoms with Crippen LogP contribution in [-0.2, 0) is 4.79 Å². The van der Waals surface area contributed by atoms with Crippen LogP contribution in [0.1, 0.15) is 27.6 Å². The SMILES string of the molecule is CC(=O)c1ccc(C(=O)N2C[C@H](N)C(=O)Nc3ccccc32)cc1.Cl. The summed E-state index contributed by atoms with van der Waals surface area (Å²) in [6.45, 7) is 1.55. The highest BCUT2D eigenvalue weighted by Gasteiger charge is 2.29. The van der Waals surface area contributed by atoms with Crippen molar-refractivity contribution in [2.75, 3.05) is 16.8 Å². The molecule has 25 heavy (non-hydrogen) atoms. The number of nitrogens with zero attached hydrogens (tertiary/aromatic N) is 1. The van der Waals surface area contributed by atoms with Gasteiger partial charge in [0, 0.05) is 11.1 Å². The van der Waals surface area contributed by atoms with Crippen LogP contribution in [0.25, 0.3) is 0 Å². The number of anilines is 2. The van der Waals surface area contributed by atoms with Crippen LogP contribution in [-0.4, -0.2) is 30.2 Å². The monoisotopic (exact) mass is 359 g/mol. The number of carbonyl (C=O) groups is 3. The highest BCUT2D eigenvalue weighted by Crippen LogP contribution is 2.29. The molecule has 0 bridgehead atoms. The Bertz CT molecular complexity index is 821. The number of nitrogens with one attached hydrogen (secondary N) is 1. The van der Waals surface area contributed by atoms with Crippen molar-refractivity contribution in [3.8, 4) is 0 Å². The third-order valence-corrected chi connectivity index (χ3v) is 3.95. The topological polar surface area (TPSA) is 92.5 Å². The van der Waals surface area contributed by atoms with Crippen molar-refractivity contribution in [3.63, 3.8) is 0 Å². The Kier molecular flexibility index (Phi) is 5.56. The number of benzene rings is 2. The van der Waals surface area contributed by atoms with E-state index < -0.39 is 6.04 Å². The normalized spacial score (nSPS) is 16.2. The van der Waals surface area contributed by atoms with Gasteiger partial charge in [0.1, 0.15) is 6.04 Å². The number of rotatable bonds is 2. The van der Waals surface area contributed by atoms with E-state index in [1.54, 1.807) is 48.5 Å². The number of hydrogen-bond acceptors (Lipinski definition) is 4. The van der Waals surface area contributed by atoms with Gasteiger partial charge in [0.15, 0.2) is 5.78 Å². The summed E-state index contributed by atoms with van der Waals surface area (Å²) in [5, 5.41) is 2.73. The average Bonchev–Trinajstić information content (AvgIpc) is 2.71. The Morgan fingerprint density at radius 3 is 2.32 bits per heavy atom. The molecule has 0 spiro atoms. The first-order chi connectivity index (χ1) is 11.5. The van der Waals surface area contributed by atoms with Crippen LogP contribution in [0.5, 0.6) is 0 Å². The molecule has 3 N–H and O–H groups in total. The lowest BCUT2D eigenvalue weighted by atomic mass is 10.1. The zero-order valence-electron chi connectivity index (χ0n) is 13.6. The first kappa shape index (κ1) is 18.6. The Balaban J connectivity index is 0.00000225. The molecule has 130 valence electrons. The van der Waals surface area contributed by atoms with Crippen LogP contribution in [0.2, 0.25) is 0 Å². The van der Waals surface area contributed by atoms with Crippen LogP contribution >= 0.6 is 12.4 Å². The van der Waals surface area contributed by atoms with Crippen LogP contribution in [0, 0.1) is 0 Å². The molecule has 0 saturated carbocycles. The van der Waals surface area contributed by atoms with Gasteiger partial charge in [-0.15, -0.1) is 12.4 Å². The van der Waals surface area contributed by atoms with E-state index in [1.807, 2.05) is 0 Å². The van der Waals surface area contributed by atoms with Gasteiger partial charge in [-0.2, -0.15) is 0 Å². The molecule has 1 aliphatic heterocycles. The summed E-state index contributed by atoms with van der Waals surface area (Å²) in [7, 11) is 0. The maximum Gasteiger partial charge on any atom is 0.258 e. The van der Waals surface area contributed by atoms with E-state index in [9.17, 15) is 14.4 Å². The van der Waals surface area contributed by atoms with Crippen LogP contribution < -0.4 is 16.0 Å². The number of nitrogens with two attached hydrogens (primary N) is 1. The van der Waals surface area contributed by atoms with Gasteiger partial charge in [-0.3, -0.25) is 14.4 Å². The summed E-state index contributed by atoms with van der Waals surface area (Å²) in [5.74, 6) is -0.667. The van der Waals surface area contributed by atoms with Crippen molar-refractivity contribution in [1.29, 1.82) is 0 Å². The molecule has 3 rings (SSSR count). The lowest BCUT2D eigenvalue weighted by Gasteiger charge is -2.23. The summed E-state index contributed by atoms with van der Waals surface area (Å²) in [4.78, 5) is 37.7. The summed E-state index contributed by atoms with van der Waals surface area (Å²) in [6, 6.07) is 12.7. The lowest BCUT2D eigenvalue weighted by Crippen LogP contribution is -2.45. The van der Waals surface area contributed by atoms with Crippen molar-refractivity contribution in [2.45, 2.75) is 13.0 Å². The molecule has 1 aliphatic rings. The van der Waals surface area contributed by atoms with Crippen LogP contribution in [0.4, 0.5) is 11.4 Å². The largest absolute Gasteiger partial charge is 0.323 e. The van der Waals surface area contributed by atoms with E-state index >= 15 is 0 Å². The first-order valence-electron chi connectivity index (χ1n) is 7.55. The first-order valence-corrected chi connectivity index (χ1v) is 7.55. The smallest absolute Gasteiger partial charge is 0.258 e. The van der Waals surface area contributed by atoms with Gasteiger partial charge in [0.25, 0.3) is 5.91 Å². The van der Waals surface area contributed by atoms with Gasteiger partial charge in [-0.25, -0.2) is 0 Å². The van der Waals surface area contributed by atoms with E-state index in [4.69, 9.17) is 5.73 Å². The number of para-hydroxylation sites is 2. The maximum absolute atomic E-state index is 12.9. The fourth-order valence-electron chi connectivity index (χ4n) is 2.61. The number of ketones is 1. The fourth-order valence-corrected chi connectivity index (χ4v) is 2.61. The van der Waals surface area contributed by atoms with Crippen molar-refractivity contribution < 1.29 is 14.4 Å². The molecule has 2 aromatic rings. The molecule has 1 atom stereocenters. The number of hydrogen-bond donors (Lipinski definition) is 2. The number of carbonyl (C=O) groups excluding carboxylic acids is 3. The molecule has 0 saturated heterocycles. The lowest BCUT2D eigenvalue weighted by molar-refractivity contribution is -0.117. The zero-order valence-corrected chi connectivity index (χ0v) is 14.4. The summed E-state index contributed by atoms with van der Waals surface area (Å²) >= 11 is 0. The Labute approximate surface area is 151 Å². The standard InChI is InChI=1S/C18H17N3O3.ClH/c1-11(22)12-6-8-13(9-7-12)18(24)21-10-14(19)17(23)20-15-4-2-3-5-16(15)21;/h2-9,14H,10,19H2,1H3,(H,20,23);1H/t14-;/m0./s1. The highest BCUT2D eigenvalue weighted by molar-refractivity contribution is 6.11. The molecule has 0 fully saturated rings. The highest BCUT2D eigenvalue weighted by atomic mass is 35.5. The second kappa shape index (κ2) is 7.46. The van der Waals surface area contributed by atoms with E-state index in [0.29, 0.717) is 22.5 Å². The predicted octanol–water partition coefficient (Wildman–Crippen LogP) is 2.24. The number of Topliss-reactive ketones (excluding diaryl/α,β-unsaturated/α-hetero) is 1. The predicted molar refractivity (Wildman–Crippen MR) is 98.4 cm³/mol. The Morgan fingerprint density at radius 2 is 1.68 bits per heavy atom. The van der Waals surface area contributed by atoms with Crippen molar-refractivity contribution >= 4 is 41.4 Å². The second-order valence-electron chi connectivity index (χ2n) is 5.66.